The van der Waals surface area contributed by atoms with Gasteiger partial charge >= 0.3 is 0 Å². The maximum Gasteiger partial charge on any atom is 0.287 e. The van der Waals surface area contributed by atoms with E-state index in [1.165, 1.54) is 19.3 Å². The fourth-order valence-electron chi connectivity index (χ4n) is 2.76. The van der Waals surface area contributed by atoms with E-state index in [2.05, 4.69) is 15.3 Å². The molecule has 0 aliphatic carbocycles. The number of amides is 1. The van der Waals surface area contributed by atoms with Crippen LogP contribution in [0.3, 0.4) is 0 Å². The zero-order chi connectivity index (χ0) is 15.4. The van der Waals surface area contributed by atoms with Gasteiger partial charge in [0.25, 0.3) is 5.91 Å². The van der Waals surface area contributed by atoms with Crippen molar-refractivity contribution >= 4 is 5.91 Å². The van der Waals surface area contributed by atoms with Gasteiger partial charge < -0.3 is 9.73 Å². The van der Waals surface area contributed by atoms with Crippen molar-refractivity contribution in [3.8, 4) is 0 Å². The van der Waals surface area contributed by atoms with Gasteiger partial charge in [-0.2, -0.15) is 5.10 Å². The minimum atomic E-state index is -0.186. The molecular formula is C16H22N4O2. The van der Waals surface area contributed by atoms with Crippen LogP contribution in [0.2, 0.25) is 0 Å². The van der Waals surface area contributed by atoms with Crippen LogP contribution in [0, 0.1) is 0 Å². The summed E-state index contributed by atoms with van der Waals surface area (Å²) < 4.78 is 7.38. The first-order chi connectivity index (χ1) is 10.7. The van der Waals surface area contributed by atoms with Crippen molar-refractivity contribution in [2.75, 3.05) is 13.1 Å². The number of aromatic nitrogens is 2. The van der Waals surface area contributed by atoms with Crippen LogP contribution in [-0.4, -0.2) is 33.7 Å². The van der Waals surface area contributed by atoms with Crippen molar-refractivity contribution in [3.63, 3.8) is 0 Å². The molecule has 6 nitrogen and oxygen atoms in total. The summed E-state index contributed by atoms with van der Waals surface area (Å²) in [5.74, 6) is 1.04. The monoisotopic (exact) mass is 302 g/mol. The third-order valence-electron chi connectivity index (χ3n) is 3.92. The van der Waals surface area contributed by atoms with Crippen LogP contribution in [0.1, 0.15) is 41.1 Å². The van der Waals surface area contributed by atoms with Crippen molar-refractivity contribution in [1.82, 2.24) is 20.0 Å². The Kier molecular flexibility index (Phi) is 4.58. The van der Waals surface area contributed by atoms with Crippen molar-refractivity contribution in [2.24, 2.45) is 7.05 Å². The standard InChI is InChI=1S/C16H22N4O2/c1-19-11-13(10-18-19)9-17-16(21)15-6-5-14(22-15)12-20-7-3-2-4-8-20/h5-6,10-11H,2-4,7-9,12H2,1H3,(H,17,21). The summed E-state index contributed by atoms with van der Waals surface area (Å²) in [6.45, 7) is 3.47. The molecule has 3 heterocycles. The van der Waals surface area contributed by atoms with E-state index in [1.54, 1.807) is 16.9 Å². The van der Waals surface area contributed by atoms with Crippen LogP contribution in [0.15, 0.2) is 28.9 Å². The zero-order valence-corrected chi connectivity index (χ0v) is 12.9. The Hall–Kier alpha value is -2.08. The molecule has 0 bridgehead atoms. The molecule has 0 aromatic carbocycles. The van der Waals surface area contributed by atoms with Gasteiger partial charge in [-0.3, -0.25) is 14.4 Å². The highest BCUT2D eigenvalue weighted by Gasteiger charge is 2.15. The van der Waals surface area contributed by atoms with Crippen molar-refractivity contribution in [3.05, 3.63) is 41.6 Å². The van der Waals surface area contributed by atoms with Gasteiger partial charge in [-0.1, -0.05) is 6.42 Å². The second-order valence-electron chi connectivity index (χ2n) is 5.81. The average Bonchev–Trinajstić information content (AvgIpc) is 3.15. The molecule has 1 saturated heterocycles. The van der Waals surface area contributed by atoms with Gasteiger partial charge in [0.05, 0.1) is 12.7 Å². The highest BCUT2D eigenvalue weighted by atomic mass is 16.4. The summed E-state index contributed by atoms with van der Waals surface area (Å²) >= 11 is 0. The summed E-state index contributed by atoms with van der Waals surface area (Å²) in [4.78, 5) is 14.5. The van der Waals surface area contributed by atoms with Crippen molar-refractivity contribution in [2.45, 2.75) is 32.4 Å². The Bertz CT molecular complexity index is 626. The third kappa shape index (κ3) is 3.76. The number of nitrogens with zero attached hydrogens (tertiary/aromatic N) is 3. The molecule has 0 saturated carbocycles. The Morgan fingerprint density at radius 2 is 2.14 bits per heavy atom. The van der Waals surface area contributed by atoms with E-state index in [1.807, 2.05) is 19.3 Å². The van der Waals surface area contributed by atoms with E-state index in [0.717, 1.165) is 31.0 Å². The Morgan fingerprint density at radius 3 is 2.86 bits per heavy atom. The number of nitrogens with one attached hydrogen (secondary N) is 1. The summed E-state index contributed by atoms with van der Waals surface area (Å²) in [6, 6.07) is 3.64. The molecule has 1 aliphatic heterocycles. The molecule has 2 aromatic rings. The number of carbonyl (C=O) groups excluding carboxylic acids is 1. The van der Waals surface area contributed by atoms with Gasteiger partial charge in [-0.05, 0) is 38.1 Å². The second kappa shape index (κ2) is 6.79. The van der Waals surface area contributed by atoms with Crippen molar-refractivity contribution in [1.29, 1.82) is 0 Å². The van der Waals surface area contributed by atoms with Gasteiger partial charge in [0.15, 0.2) is 5.76 Å². The van der Waals surface area contributed by atoms with Crippen LogP contribution in [0.25, 0.3) is 0 Å². The SMILES string of the molecule is Cn1cc(CNC(=O)c2ccc(CN3CCCCC3)o2)cn1. The highest BCUT2D eigenvalue weighted by Crippen LogP contribution is 2.15. The van der Waals surface area contributed by atoms with E-state index in [9.17, 15) is 4.79 Å². The van der Waals surface area contributed by atoms with E-state index < -0.39 is 0 Å². The summed E-state index contributed by atoms with van der Waals surface area (Å²) in [6.07, 6.45) is 7.43. The van der Waals surface area contributed by atoms with Gasteiger partial charge in [-0.25, -0.2) is 0 Å². The first-order valence-electron chi connectivity index (χ1n) is 7.77. The van der Waals surface area contributed by atoms with Gasteiger partial charge in [0, 0.05) is 25.4 Å². The smallest absolute Gasteiger partial charge is 0.287 e. The largest absolute Gasteiger partial charge is 0.455 e. The van der Waals surface area contributed by atoms with E-state index in [0.29, 0.717) is 12.3 Å². The quantitative estimate of drug-likeness (QED) is 0.916. The number of hydrogen-bond donors (Lipinski definition) is 1. The fourth-order valence-corrected chi connectivity index (χ4v) is 2.76. The number of aryl methyl sites for hydroxylation is 1. The summed E-state index contributed by atoms with van der Waals surface area (Å²) in [7, 11) is 1.85. The highest BCUT2D eigenvalue weighted by molar-refractivity contribution is 5.91. The van der Waals surface area contributed by atoms with Crippen LogP contribution in [0.4, 0.5) is 0 Å². The van der Waals surface area contributed by atoms with Crippen molar-refractivity contribution < 1.29 is 9.21 Å². The zero-order valence-electron chi connectivity index (χ0n) is 12.9. The molecule has 2 aromatic heterocycles. The normalized spacial score (nSPS) is 15.9. The molecule has 0 atom stereocenters. The topological polar surface area (TPSA) is 63.3 Å². The van der Waals surface area contributed by atoms with Gasteiger partial charge in [0.1, 0.15) is 5.76 Å². The van der Waals surface area contributed by atoms with Crippen LogP contribution in [-0.2, 0) is 20.1 Å². The number of carbonyl (C=O) groups is 1. The van der Waals surface area contributed by atoms with Gasteiger partial charge in [-0.15, -0.1) is 0 Å². The maximum absolute atomic E-state index is 12.1. The molecule has 1 N–H and O–H groups in total. The first-order valence-corrected chi connectivity index (χ1v) is 7.77. The molecule has 118 valence electrons. The van der Waals surface area contributed by atoms with Crippen LogP contribution in [0.5, 0.6) is 0 Å². The maximum atomic E-state index is 12.1. The van der Waals surface area contributed by atoms with Crippen LogP contribution >= 0.6 is 0 Å². The fraction of sp³-hybridized carbons (Fsp3) is 0.500. The Morgan fingerprint density at radius 1 is 1.32 bits per heavy atom. The van der Waals surface area contributed by atoms with E-state index >= 15 is 0 Å². The van der Waals surface area contributed by atoms with Crippen LogP contribution < -0.4 is 5.32 Å². The minimum absolute atomic E-state index is 0.186. The number of likely N-dealkylation sites (tertiary alicyclic amines) is 1. The van der Waals surface area contributed by atoms with E-state index in [4.69, 9.17) is 4.42 Å². The average molecular weight is 302 g/mol. The molecular weight excluding hydrogens is 280 g/mol. The first kappa shape index (κ1) is 14.8. The lowest BCUT2D eigenvalue weighted by Gasteiger charge is -2.25. The third-order valence-corrected chi connectivity index (χ3v) is 3.92. The molecule has 6 heteroatoms. The molecule has 1 amide bonds. The second-order valence-corrected chi connectivity index (χ2v) is 5.81. The number of furan rings is 1. The lowest BCUT2D eigenvalue weighted by molar-refractivity contribution is 0.0918. The lowest BCUT2D eigenvalue weighted by Crippen LogP contribution is -2.28. The minimum Gasteiger partial charge on any atom is -0.455 e. The number of piperidine rings is 1. The molecule has 1 fully saturated rings. The Balaban J connectivity index is 1.52. The lowest BCUT2D eigenvalue weighted by atomic mass is 10.1. The summed E-state index contributed by atoms with van der Waals surface area (Å²) in [5.41, 5.74) is 0.968. The summed E-state index contributed by atoms with van der Waals surface area (Å²) in [5, 5.41) is 6.92. The molecule has 22 heavy (non-hydrogen) atoms. The molecule has 0 spiro atoms. The van der Waals surface area contributed by atoms with Gasteiger partial charge in [0.2, 0.25) is 0 Å². The van der Waals surface area contributed by atoms with E-state index in [-0.39, 0.29) is 5.91 Å². The molecule has 1 aliphatic rings. The molecule has 3 rings (SSSR count). The predicted octanol–water partition coefficient (Wildman–Crippen LogP) is 1.93. The Labute approximate surface area is 130 Å². The number of hydrogen-bond acceptors (Lipinski definition) is 4. The molecule has 0 unspecified atom stereocenters. The molecule has 0 radical (unpaired) electrons. The number of rotatable bonds is 5. The predicted molar refractivity (Wildman–Crippen MR) is 82.2 cm³/mol.